The number of carbonyl (C=O) groups excluding carboxylic acids is 3. The first-order valence-corrected chi connectivity index (χ1v) is 9.59. The van der Waals surface area contributed by atoms with Crippen LogP contribution in [0.3, 0.4) is 0 Å². The van der Waals surface area contributed by atoms with Crippen LogP contribution in [-0.4, -0.2) is 41.4 Å². The van der Waals surface area contributed by atoms with E-state index in [-0.39, 0.29) is 43.4 Å². The molecule has 1 aliphatic heterocycles. The highest BCUT2D eigenvalue weighted by molar-refractivity contribution is 6.09. The number of imide groups is 1. The van der Waals surface area contributed by atoms with Crippen LogP contribution in [0.2, 0.25) is 0 Å². The lowest BCUT2D eigenvalue weighted by molar-refractivity contribution is -0.134. The highest BCUT2D eigenvalue weighted by Gasteiger charge is 2.52. The molecule has 1 aromatic carbocycles. The molecule has 2 fully saturated rings. The number of amides is 4. The lowest BCUT2D eigenvalue weighted by Crippen LogP contribution is -2.45. The van der Waals surface area contributed by atoms with Crippen molar-refractivity contribution in [2.45, 2.75) is 57.0 Å². The molecule has 7 nitrogen and oxygen atoms in total. The Hall–Kier alpha value is -2.12. The fraction of sp³-hybridized carbons (Fsp3) is 0.550. The molecule has 2 aliphatic rings. The largest absolute Gasteiger partial charge is 0.353 e. The number of nitrogens with zero attached hydrogens (tertiary/aromatic N) is 1. The summed E-state index contributed by atoms with van der Waals surface area (Å²) in [6.45, 7) is 4.22. The minimum atomic E-state index is -0.786. The van der Waals surface area contributed by atoms with Gasteiger partial charge in [0.2, 0.25) is 5.91 Å². The molecule has 1 heterocycles. The van der Waals surface area contributed by atoms with E-state index in [1.807, 2.05) is 24.3 Å². The molecule has 1 unspecified atom stereocenters. The smallest absolute Gasteiger partial charge is 0.325 e. The third-order valence-electron chi connectivity index (χ3n) is 5.56. The second-order valence-electron chi connectivity index (χ2n) is 7.84. The summed E-state index contributed by atoms with van der Waals surface area (Å²) in [5.41, 5.74) is 7.53. The van der Waals surface area contributed by atoms with Crippen LogP contribution >= 0.6 is 12.4 Å². The van der Waals surface area contributed by atoms with Crippen LogP contribution in [-0.2, 0) is 9.59 Å². The highest BCUT2D eigenvalue weighted by Crippen LogP contribution is 2.34. The standard InChI is InChI=1S/C20H28N4O3.ClH/c1-13(2)14-5-7-15(8-6-14)16(21)11-22-17(25)12-24-18(26)20(23-19(24)27)9-3-4-10-20;/h5-8,13,16H,3-4,9-12,21H2,1-2H3,(H,22,25)(H,23,27);1H. The normalized spacial score (nSPS) is 18.9. The van der Waals surface area contributed by atoms with E-state index < -0.39 is 11.6 Å². The first-order chi connectivity index (χ1) is 12.8. The predicted molar refractivity (Wildman–Crippen MR) is 109 cm³/mol. The van der Waals surface area contributed by atoms with Crippen LogP contribution in [0, 0.1) is 0 Å². The molecule has 28 heavy (non-hydrogen) atoms. The molecule has 0 radical (unpaired) electrons. The van der Waals surface area contributed by atoms with Gasteiger partial charge in [-0.2, -0.15) is 0 Å². The number of nitrogens with two attached hydrogens (primary N) is 1. The van der Waals surface area contributed by atoms with Crippen molar-refractivity contribution in [3.8, 4) is 0 Å². The maximum atomic E-state index is 12.6. The van der Waals surface area contributed by atoms with Crippen molar-refractivity contribution in [2.24, 2.45) is 5.73 Å². The number of carbonyl (C=O) groups is 3. The molecular formula is C20H29ClN4O3. The van der Waals surface area contributed by atoms with Crippen LogP contribution in [0.5, 0.6) is 0 Å². The van der Waals surface area contributed by atoms with Crippen molar-refractivity contribution in [3.63, 3.8) is 0 Å². The third-order valence-corrected chi connectivity index (χ3v) is 5.56. The van der Waals surface area contributed by atoms with E-state index in [1.165, 1.54) is 5.56 Å². The van der Waals surface area contributed by atoms with Gasteiger partial charge in [0, 0.05) is 12.6 Å². The molecule has 1 atom stereocenters. The quantitative estimate of drug-likeness (QED) is 0.627. The van der Waals surface area contributed by atoms with Crippen LogP contribution in [0.1, 0.15) is 62.6 Å². The third kappa shape index (κ3) is 4.47. The van der Waals surface area contributed by atoms with E-state index in [9.17, 15) is 14.4 Å². The van der Waals surface area contributed by atoms with Crippen LogP contribution < -0.4 is 16.4 Å². The number of benzene rings is 1. The lowest BCUT2D eigenvalue weighted by atomic mass is 9.98. The van der Waals surface area contributed by atoms with Gasteiger partial charge in [-0.15, -0.1) is 12.4 Å². The Labute approximate surface area is 171 Å². The molecule has 154 valence electrons. The number of hydrogen-bond donors (Lipinski definition) is 3. The molecule has 0 bridgehead atoms. The molecule has 4 amide bonds. The van der Waals surface area contributed by atoms with Gasteiger partial charge in [-0.25, -0.2) is 4.79 Å². The number of halogens is 1. The summed E-state index contributed by atoms with van der Waals surface area (Å²) >= 11 is 0. The second kappa shape index (κ2) is 8.92. The van der Waals surface area contributed by atoms with Crippen LogP contribution in [0.4, 0.5) is 4.79 Å². The lowest BCUT2D eigenvalue weighted by Gasteiger charge is -2.20. The van der Waals surface area contributed by atoms with Crippen molar-refractivity contribution < 1.29 is 14.4 Å². The Bertz CT molecular complexity index is 729. The maximum Gasteiger partial charge on any atom is 0.325 e. The summed E-state index contributed by atoms with van der Waals surface area (Å²) in [4.78, 5) is 37.9. The van der Waals surface area contributed by atoms with Gasteiger partial charge in [0.15, 0.2) is 0 Å². The monoisotopic (exact) mass is 408 g/mol. The summed E-state index contributed by atoms with van der Waals surface area (Å²) in [5, 5.41) is 5.50. The maximum absolute atomic E-state index is 12.6. The zero-order valence-corrected chi connectivity index (χ0v) is 17.2. The average Bonchev–Trinajstić information content (AvgIpc) is 3.20. The Morgan fingerprint density at radius 3 is 2.32 bits per heavy atom. The van der Waals surface area contributed by atoms with Gasteiger partial charge in [-0.05, 0) is 29.9 Å². The van der Waals surface area contributed by atoms with E-state index in [2.05, 4.69) is 24.5 Å². The highest BCUT2D eigenvalue weighted by atomic mass is 35.5. The second-order valence-corrected chi connectivity index (χ2v) is 7.84. The van der Waals surface area contributed by atoms with E-state index in [4.69, 9.17) is 5.73 Å². The van der Waals surface area contributed by atoms with Gasteiger partial charge in [-0.3, -0.25) is 14.5 Å². The van der Waals surface area contributed by atoms with E-state index in [1.54, 1.807) is 0 Å². The van der Waals surface area contributed by atoms with Crippen molar-refractivity contribution in [3.05, 3.63) is 35.4 Å². The Morgan fingerprint density at radius 1 is 1.18 bits per heavy atom. The first-order valence-electron chi connectivity index (χ1n) is 9.59. The molecule has 1 aliphatic carbocycles. The summed E-state index contributed by atoms with van der Waals surface area (Å²) in [7, 11) is 0. The molecule has 8 heteroatoms. The predicted octanol–water partition coefficient (Wildman–Crippen LogP) is 2.21. The van der Waals surface area contributed by atoms with Crippen molar-refractivity contribution in [2.75, 3.05) is 13.1 Å². The molecule has 1 aromatic rings. The van der Waals surface area contributed by atoms with Gasteiger partial charge in [-0.1, -0.05) is 51.0 Å². The number of nitrogens with one attached hydrogen (secondary N) is 2. The summed E-state index contributed by atoms with van der Waals surface area (Å²) in [5.74, 6) is -0.223. The van der Waals surface area contributed by atoms with Gasteiger partial charge < -0.3 is 16.4 Å². The fourth-order valence-electron chi connectivity index (χ4n) is 3.81. The Balaban J connectivity index is 0.00000280. The fourth-order valence-corrected chi connectivity index (χ4v) is 3.81. The van der Waals surface area contributed by atoms with Gasteiger partial charge >= 0.3 is 6.03 Å². The molecule has 1 saturated heterocycles. The molecule has 0 aromatic heterocycles. The van der Waals surface area contributed by atoms with E-state index in [0.29, 0.717) is 18.8 Å². The Morgan fingerprint density at radius 2 is 1.75 bits per heavy atom. The summed E-state index contributed by atoms with van der Waals surface area (Å²) in [6.07, 6.45) is 3.12. The van der Waals surface area contributed by atoms with Gasteiger partial charge in [0.1, 0.15) is 12.1 Å². The minimum absolute atomic E-state index is 0. The zero-order valence-electron chi connectivity index (χ0n) is 16.4. The topological polar surface area (TPSA) is 105 Å². The molecule has 3 rings (SSSR count). The van der Waals surface area contributed by atoms with Crippen molar-refractivity contribution >= 4 is 30.3 Å². The molecule has 1 spiro atoms. The number of urea groups is 1. The summed E-state index contributed by atoms with van der Waals surface area (Å²) < 4.78 is 0. The van der Waals surface area contributed by atoms with Gasteiger partial charge in [0.25, 0.3) is 5.91 Å². The molecule has 1 saturated carbocycles. The first kappa shape index (κ1) is 22.2. The van der Waals surface area contributed by atoms with Crippen molar-refractivity contribution in [1.82, 2.24) is 15.5 Å². The molecule has 4 N–H and O–H groups in total. The summed E-state index contributed by atoms with van der Waals surface area (Å²) in [6, 6.07) is 7.18. The zero-order chi connectivity index (χ0) is 19.6. The average molecular weight is 409 g/mol. The number of hydrogen-bond acceptors (Lipinski definition) is 4. The van der Waals surface area contributed by atoms with Crippen LogP contribution in [0.15, 0.2) is 24.3 Å². The number of rotatable bonds is 6. The van der Waals surface area contributed by atoms with Gasteiger partial charge in [0.05, 0.1) is 0 Å². The van der Waals surface area contributed by atoms with E-state index in [0.717, 1.165) is 23.3 Å². The minimum Gasteiger partial charge on any atom is -0.353 e. The Kier molecular flexibility index (Phi) is 7.06. The van der Waals surface area contributed by atoms with Crippen molar-refractivity contribution in [1.29, 1.82) is 0 Å². The van der Waals surface area contributed by atoms with Crippen LogP contribution in [0.25, 0.3) is 0 Å². The molecular weight excluding hydrogens is 380 g/mol. The SMILES string of the molecule is CC(C)c1ccc(C(N)CNC(=O)CN2C(=O)NC3(CCCC3)C2=O)cc1.Cl. The van der Waals surface area contributed by atoms with E-state index >= 15 is 0 Å².